The number of benzene rings is 1. The van der Waals surface area contributed by atoms with Crippen molar-refractivity contribution < 1.29 is 8.81 Å². The number of guanidine groups is 1. The maximum absolute atomic E-state index is 13.8. The van der Waals surface area contributed by atoms with E-state index in [2.05, 4.69) is 20.6 Å². The standard InChI is InChI=1S/C17H21FN4O/c1-10-11(2)23-16(21-10)9-20-17(19-3)22-15-8-13(15)12-6-4-5-7-14(12)18/h4-7,13,15H,8-9H2,1-3H3,(H2,19,20,22). The fraction of sp³-hybridized carbons (Fsp3) is 0.412. The molecule has 0 radical (unpaired) electrons. The minimum absolute atomic E-state index is 0.143. The summed E-state index contributed by atoms with van der Waals surface area (Å²) in [6.07, 6.45) is 0.902. The first-order valence-electron chi connectivity index (χ1n) is 7.73. The first-order valence-corrected chi connectivity index (χ1v) is 7.73. The van der Waals surface area contributed by atoms with Gasteiger partial charge in [0.1, 0.15) is 11.6 Å². The number of aliphatic imine (C=N–C) groups is 1. The Kier molecular flexibility index (Phi) is 4.32. The molecular weight excluding hydrogens is 295 g/mol. The van der Waals surface area contributed by atoms with Crippen LogP contribution in [0.4, 0.5) is 4.39 Å². The van der Waals surface area contributed by atoms with Crippen LogP contribution in [0, 0.1) is 19.7 Å². The molecule has 0 amide bonds. The Labute approximate surface area is 135 Å². The monoisotopic (exact) mass is 316 g/mol. The summed E-state index contributed by atoms with van der Waals surface area (Å²) in [6, 6.07) is 7.13. The Balaban J connectivity index is 1.54. The predicted octanol–water partition coefficient (Wildman–Crippen LogP) is 2.65. The highest BCUT2D eigenvalue weighted by Gasteiger charge is 2.40. The summed E-state index contributed by atoms with van der Waals surface area (Å²) in [7, 11) is 1.71. The quantitative estimate of drug-likeness (QED) is 0.672. The maximum atomic E-state index is 13.8. The molecule has 1 aromatic heterocycles. The van der Waals surface area contributed by atoms with Gasteiger partial charge in [-0.3, -0.25) is 4.99 Å². The van der Waals surface area contributed by atoms with Crippen LogP contribution in [-0.2, 0) is 6.54 Å². The van der Waals surface area contributed by atoms with Crippen LogP contribution in [0.25, 0.3) is 0 Å². The summed E-state index contributed by atoms with van der Waals surface area (Å²) in [6.45, 7) is 4.27. The van der Waals surface area contributed by atoms with Gasteiger partial charge in [-0.15, -0.1) is 0 Å². The Morgan fingerprint density at radius 3 is 2.83 bits per heavy atom. The van der Waals surface area contributed by atoms with E-state index >= 15 is 0 Å². The normalized spacial score (nSPS) is 20.4. The van der Waals surface area contributed by atoms with Crippen molar-refractivity contribution in [2.24, 2.45) is 4.99 Å². The third kappa shape index (κ3) is 3.52. The van der Waals surface area contributed by atoms with Crippen LogP contribution < -0.4 is 10.6 Å². The molecule has 0 bridgehead atoms. The molecule has 3 rings (SSSR count). The Morgan fingerprint density at radius 1 is 1.39 bits per heavy atom. The van der Waals surface area contributed by atoms with E-state index in [1.807, 2.05) is 26.0 Å². The summed E-state index contributed by atoms with van der Waals surface area (Å²) in [5, 5.41) is 6.48. The molecule has 1 aromatic carbocycles. The predicted molar refractivity (Wildman–Crippen MR) is 86.9 cm³/mol. The van der Waals surface area contributed by atoms with Crippen molar-refractivity contribution in [1.82, 2.24) is 15.6 Å². The largest absolute Gasteiger partial charge is 0.444 e. The number of oxazole rings is 1. The zero-order valence-corrected chi connectivity index (χ0v) is 13.6. The van der Waals surface area contributed by atoms with Crippen LogP contribution in [0.5, 0.6) is 0 Å². The Morgan fingerprint density at radius 2 is 2.17 bits per heavy atom. The van der Waals surface area contributed by atoms with Gasteiger partial charge in [0.15, 0.2) is 5.96 Å². The number of aromatic nitrogens is 1. The maximum Gasteiger partial charge on any atom is 0.214 e. The van der Waals surface area contributed by atoms with Gasteiger partial charge in [0.05, 0.1) is 12.2 Å². The van der Waals surface area contributed by atoms with Gasteiger partial charge in [0.2, 0.25) is 5.89 Å². The molecule has 2 N–H and O–H groups in total. The topological polar surface area (TPSA) is 62.5 Å². The van der Waals surface area contributed by atoms with Gasteiger partial charge in [0, 0.05) is 19.0 Å². The second-order valence-corrected chi connectivity index (χ2v) is 5.79. The van der Waals surface area contributed by atoms with Crippen LogP contribution in [0.3, 0.4) is 0 Å². The van der Waals surface area contributed by atoms with Crippen molar-refractivity contribution in [3.05, 3.63) is 53.0 Å². The number of hydrogen-bond acceptors (Lipinski definition) is 3. The molecule has 0 aliphatic heterocycles. The van der Waals surface area contributed by atoms with Crippen LogP contribution >= 0.6 is 0 Å². The third-order valence-electron chi connectivity index (χ3n) is 4.12. The molecule has 2 aromatic rings. The first-order chi connectivity index (χ1) is 11.1. The van der Waals surface area contributed by atoms with Gasteiger partial charge in [-0.1, -0.05) is 18.2 Å². The average Bonchev–Trinajstić information content (AvgIpc) is 3.22. The van der Waals surface area contributed by atoms with Crippen molar-refractivity contribution in [1.29, 1.82) is 0 Å². The average molecular weight is 316 g/mol. The fourth-order valence-corrected chi connectivity index (χ4v) is 2.62. The van der Waals surface area contributed by atoms with Crippen molar-refractivity contribution in [2.75, 3.05) is 7.05 Å². The second kappa shape index (κ2) is 6.40. The van der Waals surface area contributed by atoms with Gasteiger partial charge < -0.3 is 15.1 Å². The van der Waals surface area contributed by atoms with E-state index in [0.717, 1.165) is 23.4 Å². The van der Waals surface area contributed by atoms with E-state index in [1.165, 1.54) is 6.07 Å². The van der Waals surface area contributed by atoms with Crippen molar-refractivity contribution in [3.8, 4) is 0 Å². The lowest BCUT2D eigenvalue weighted by Gasteiger charge is -2.10. The zero-order chi connectivity index (χ0) is 16.4. The van der Waals surface area contributed by atoms with E-state index < -0.39 is 0 Å². The molecule has 5 nitrogen and oxygen atoms in total. The molecule has 2 unspecified atom stereocenters. The SMILES string of the molecule is CN=C(NCc1nc(C)c(C)o1)NC1CC1c1ccccc1F. The number of nitrogens with one attached hydrogen (secondary N) is 2. The Hall–Kier alpha value is -2.37. The lowest BCUT2D eigenvalue weighted by Crippen LogP contribution is -2.38. The highest BCUT2D eigenvalue weighted by molar-refractivity contribution is 5.80. The molecule has 0 saturated heterocycles. The van der Waals surface area contributed by atoms with E-state index in [1.54, 1.807) is 13.1 Å². The molecule has 1 fully saturated rings. The lowest BCUT2D eigenvalue weighted by atomic mass is 10.1. The van der Waals surface area contributed by atoms with E-state index in [4.69, 9.17) is 4.42 Å². The van der Waals surface area contributed by atoms with Gasteiger partial charge in [0.25, 0.3) is 0 Å². The molecule has 0 spiro atoms. The number of hydrogen-bond donors (Lipinski definition) is 2. The van der Waals surface area contributed by atoms with E-state index in [-0.39, 0.29) is 17.8 Å². The molecule has 1 heterocycles. The smallest absolute Gasteiger partial charge is 0.214 e. The number of nitrogens with zero attached hydrogens (tertiary/aromatic N) is 2. The third-order valence-corrected chi connectivity index (χ3v) is 4.12. The summed E-state index contributed by atoms with van der Waals surface area (Å²) < 4.78 is 19.3. The van der Waals surface area contributed by atoms with Gasteiger partial charge >= 0.3 is 0 Å². The van der Waals surface area contributed by atoms with Crippen molar-refractivity contribution in [2.45, 2.75) is 38.8 Å². The molecule has 6 heteroatoms. The van der Waals surface area contributed by atoms with Crippen LogP contribution in [0.15, 0.2) is 33.7 Å². The summed E-state index contributed by atoms with van der Waals surface area (Å²) in [5.74, 6) is 2.18. The molecular formula is C17H21FN4O. The van der Waals surface area contributed by atoms with Crippen LogP contribution in [-0.4, -0.2) is 24.0 Å². The molecule has 1 aliphatic rings. The summed E-state index contributed by atoms with van der Waals surface area (Å²) in [4.78, 5) is 8.52. The molecule has 1 aliphatic carbocycles. The number of aryl methyl sites for hydroxylation is 2. The molecule has 122 valence electrons. The van der Waals surface area contributed by atoms with Gasteiger partial charge in [-0.2, -0.15) is 0 Å². The van der Waals surface area contributed by atoms with Crippen LogP contribution in [0.2, 0.25) is 0 Å². The number of halogens is 1. The second-order valence-electron chi connectivity index (χ2n) is 5.79. The van der Waals surface area contributed by atoms with Crippen LogP contribution in [0.1, 0.15) is 35.2 Å². The van der Waals surface area contributed by atoms with Gasteiger partial charge in [-0.25, -0.2) is 9.37 Å². The minimum atomic E-state index is -0.143. The highest BCUT2D eigenvalue weighted by Crippen LogP contribution is 2.41. The Bertz CT molecular complexity index is 706. The molecule has 1 saturated carbocycles. The minimum Gasteiger partial charge on any atom is -0.444 e. The first kappa shape index (κ1) is 15.5. The van der Waals surface area contributed by atoms with Crippen molar-refractivity contribution in [3.63, 3.8) is 0 Å². The van der Waals surface area contributed by atoms with E-state index in [9.17, 15) is 4.39 Å². The van der Waals surface area contributed by atoms with Gasteiger partial charge in [-0.05, 0) is 31.9 Å². The van der Waals surface area contributed by atoms with E-state index in [0.29, 0.717) is 18.4 Å². The fourth-order valence-electron chi connectivity index (χ4n) is 2.62. The lowest BCUT2D eigenvalue weighted by molar-refractivity contribution is 0.463. The zero-order valence-electron chi connectivity index (χ0n) is 13.6. The molecule has 2 atom stereocenters. The molecule has 23 heavy (non-hydrogen) atoms. The summed E-state index contributed by atoms with van der Waals surface area (Å²) >= 11 is 0. The number of rotatable bonds is 4. The summed E-state index contributed by atoms with van der Waals surface area (Å²) in [5.41, 5.74) is 1.66. The van der Waals surface area contributed by atoms with Crippen molar-refractivity contribution >= 4 is 5.96 Å². The highest BCUT2D eigenvalue weighted by atomic mass is 19.1.